The van der Waals surface area contributed by atoms with Crippen molar-refractivity contribution in [2.75, 3.05) is 19.5 Å². The molecule has 0 radical (unpaired) electrons. The van der Waals surface area contributed by atoms with Gasteiger partial charge in [0.2, 0.25) is 0 Å². The molecule has 0 saturated carbocycles. The number of para-hydroxylation sites is 3. The molecule has 0 unspecified atom stereocenters. The number of methoxy groups -OCH3 is 2. The van der Waals surface area contributed by atoms with Gasteiger partial charge in [0.1, 0.15) is 17.4 Å². The van der Waals surface area contributed by atoms with Gasteiger partial charge in [-0.25, -0.2) is 4.98 Å². The Bertz CT molecular complexity index is 1210. The van der Waals surface area contributed by atoms with Crippen LogP contribution in [0.2, 0.25) is 0 Å². The molecule has 0 fully saturated rings. The van der Waals surface area contributed by atoms with Crippen LogP contribution in [0.5, 0.6) is 17.2 Å². The first-order valence-corrected chi connectivity index (χ1v) is 10.8. The van der Waals surface area contributed by atoms with Gasteiger partial charge in [0.15, 0.2) is 11.5 Å². The van der Waals surface area contributed by atoms with Crippen LogP contribution in [-0.4, -0.2) is 25.1 Å². The second-order valence-corrected chi connectivity index (χ2v) is 7.65. The van der Waals surface area contributed by atoms with Crippen molar-refractivity contribution in [2.24, 2.45) is 0 Å². The lowest BCUT2D eigenvalue weighted by molar-refractivity contribution is 0.102. The fourth-order valence-corrected chi connectivity index (χ4v) is 4.03. The lowest BCUT2D eigenvalue weighted by Gasteiger charge is -2.11. The summed E-state index contributed by atoms with van der Waals surface area (Å²) in [6.45, 7) is 0.235. The molecule has 3 aromatic carbocycles. The summed E-state index contributed by atoms with van der Waals surface area (Å²) < 4.78 is 16.9. The Balaban J connectivity index is 1.49. The molecule has 1 heterocycles. The molecule has 0 aliphatic heterocycles. The Morgan fingerprint density at radius 1 is 0.906 bits per heavy atom. The molecule has 6 nitrogen and oxygen atoms in total. The van der Waals surface area contributed by atoms with Crippen LogP contribution in [0.25, 0.3) is 10.6 Å². The normalized spacial score (nSPS) is 10.4. The molecular formula is C25H22N2O4S. The lowest BCUT2D eigenvalue weighted by Crippen LogP contribution is -2.13. The lowest BCUT2D eigenvalue weighted by atomic mass is 10.2. The first-order valence-electron chi connectivity index (χ1n) is 9.93. The molecule has 0 atom stereocenters. The van der Waals surface area contributed by atoms with Crippen molar-refractivity contribution in [1.29, 1.82) is 0 Å². The number of aromatic nitrogens is 1. The van der Waals surface area contributed by atoms with Crippen molar-refractivity contribution in [3.8, 4) is 27.8 Å². The number of carbonyl (C=O) groups is 1. The number of ether oxygens (including phenoxy) is 3. The molecule has 1 aromatic heterocycles. The maximum absolute atomic E-state index is 12.7. The van der Waals surface area contributed by atoms with Crippen LogP contribution in [0.15, 0.2) is 78.2 Å². The Hall–Kier alpha value is -3.84. The molecular weight excluding hydrogens is 424 g/mol. The van der Waals surface area contributed by atoms with Crippen LogP contribution in [-0.2, 0) is 6.61 Å². The molecule has 1 N–H and O–H groups in total. The van der Waals surface area contributed by atoms with Crippen molar-refractivity contribution < 1.29 is 19.0 Å². The van der Waals surface area contributed by atoms with E-state index in [1.807, 2.05) is 66.0 Å². The smallest absolute Gasteiger partial charge is 0.259 e. The van der Waals surface area contributed by atoms with E-state index >= 15 is 0 Å². The maximum Gasteiger partial charge on any atom is 0.259 e. The van der Waals surface area contributed by atoms with Crippen LogP contribution in [0.1, 0.15) is 16.1 Å². The SMILES string of the molecule is COc1cccc(-c2nc(COc3ccccc3C(=O)Nc3ccccc3)cs2)c1OC. The van der Waals surface area contributed by atoms with Crippen LogP contribution < -0.4 is 19.5 Å². The third-order valence-corrected chi connectivity index (χ3v) is 5.65. The van der Waals surface area contributed by atoms with Gasteiger partial charge in [-0.1, -0.05) is 36.4 Å². The summed E-state index contributed by atoms with van der Waals surface area (Å²) in [6.07, 6.45) is 0. The topological polar surface area (TPSA) is 69.7 Å². The molecule has 0 saturated heterocycles. The van der Waals surface area contributed by atoms with Gasteiger partial charge in [0.05, 0.1) is 31.0 Å². The Labute approximate surface area is 190 Å². The summed E-state index contributed by atoms with van der Waals surface area (Å²) in [4.78, 5) is 17.4. The van der Waals surface area contributed by atoms with Crippen LogP contribution in [0, 0.1) is 0 Å². The molecule has 162 valence electrons. The van der Waals surface area contributed by atoms with E-state index in [1.165, 1.54) is 11.3 Å². The second-order valence-electron chi connectivity index (χ2n) is 6.79. The number of hydrogen-bond donors (Lipinski definition) is 1. The second kappa shape index (κ2) is 9.98. The van der Waals surface area contributed by atoms with E-state index in [2.05, 4.69) is 10.3 Å². The molecule has 4 rings (SSSR count). The monoisotopic (exact) mass is 446 g/mol. The molecule has 32 heavy (non-hydrogen) atoms. The first kappa shape index (κ1) is 21.4. The van der Waals surface area contributed by atoms with E-state index in [1.54, 1.807) is 26.4 Å². The number of anilines is 1. The Morgan fingerprint density at radius 2 is 1.66 bits per heavy atom. The summed E-state index contributed by atoms with van der Waals surface area (Å²) in [5, 5.41) is 5.62. The number of hydrogen-bond acceptors (Lipinski definition) is 6. The quantitative estimate of drug-likeness (QED) is 0.378. The fraction of sp³-hybridized carbons (Fsp3) is 0.120. The summed E-state index contributed by atoms with van der Waals surface area (Å²) >= 11 is 1.49. The van der Waals surface area contributed by atoms with Crippen molar-refractivity contribution in [1.82, 2.24) is 4.98 Å². The predicted molar refractivity (Wildman–Crippen MR) is 126 cm³/mol. The Morgan fingerprint density at radius 3 is 2.44 bits per heavy atom. The molecule has 1 amide bonds. The van der Waals surface area contributed by atoms with E-state index in [0.29, 0.717) is 22.8 Å². The van der Waals surface area contributed by atoms with Gasteiger partial charge < -0.3 is 19.5 Å². The number of thiazole rings is 1. The molecule has 0 spiro atoms. The van der Waals surface area contributed by atoms with Gasteiger partial charge in [0, 0.05) is 11.1 Å². The minimum Gasteiger partial charge on any atom is -0.493 e. The number of benzene rings is 3. The van der Waals surface area contributed by atoms with Gasteiger partial charge in [-0.05, 0) is 36.4 Å². The molecule has 7 heteroatoms. The highest BCUT2D eigenvalue weighted by molar-refractivity contribution is 7.13. The minimum atomic E-state index is -0.230. The summed E-state index contributed by atoms with van der Waals surface area (Å²) in [5.41, 5.74) is 2.80. The standard InChI is InChI=1S/C25H22N2O4S/c1-29-22-14-8-12-20(23(22)30-2)25-27-18(16-32-25)15-31-21-13-7-6-11-19(21)24(28)26-17-9-4-3-5-10-17/h3-14,16H,15H2,1-2H3,(H,26,28). The first-order chi connectivity index (χ1) is 15.7. The van der Waals surface area contributed by atoms with Gasteiger partial charge in [-0.3, -0.25) is 4.79 Å². The van der Waals surface area contributed by atoms with E-state index in [0.717, 1.165) is 22.0 Å². The van der Waals surface area contributed by atoms with Gasteiger partial charge >= 0.3 is 0 Å². The van der Waals surface area contributed by atoms with Crippen LogP contribution >= 0.6 is 11.3 Å². The molecule has 0 bridgehead atoms. The zero-order valence-electron chi connectivity index (χ0n) is 17.7. The number of rotatable bonds is 8. The molecule has 0 aliphatic rings. The highest BCUT2D eigenvalue weighted by Gasteiger charge is 2.16. The Kier molecular flexibility index (Phi) is 6.67. The van der Waals surface area contributed by atoms with E-state index in [-0.39, 0.29) is 12.5 Å². The molecule has 4 aromatic rings. The number of nitrogens with one attached hydrogen (secondary N) is 1. The van der Waals surface area contributed by atoms with E-state index in [9.17, 15) is 4.79 Å². The summed E-state index contributed by atoms with van der Waals surface area (Å²) in [7, 11) is 3.21. The summed E-state index contributed by atoms with van der Waals surface area (Å²) in [6, 6.07) is 22.2. The van der Waals surface area contributed by atoms with Crippen molar-refractivity contribution in [2.45, 2.75) is 6.61 Å². The zero-order valence-corrected chi connectivity index (χ0v) is 18.5. The van der Waals surface area contributed by atoms with Crippen LogP contribution in [0.3, 0.4) is 0 Å². The van der Waals surface area contributed by atoms with Crippen LogP contribution in [0.4, 0.5) is 5.69 Å². The predicted octanol–water partition coefficient (Wildman–Crippen LogP) is 5.66. The largest absolute Gasteiger partial charge is 0.493 e. The number of amides is 1. The molecule has 0 aliphatic carbocycles. The fourth-order valence-electron chi connectivity index (χ4n) is 3.20. The zero-order chi connectivity index (χ0) is 22.3. The van der Waals surface area contributed by atoms with E-state index < -0.39 is 0 Å². The van der Waals surface area contributed by atoms with Gasteiger partial charge in [0.25, 0.3) is 5.91 Å². The number of nitrogens with zero attached hydrogens (tertiary/aromatic N) is 1. The van der Waals surface area contributed by atoms with Crippen molar-refractivity contribution in [3.05, 3.63) is 89.4 Å². The van der Waals surface area contributed by atoms with E-state index in [4.69, 9.17) is 14.2 Å². The van der Waals surface area contributed by atoms with Gasteiger partial charge in [-0.2, -0.15) is 0 Å². The highest BCUT2D eigenvalue weighted by Crippen LogP contribution is 2.39. The third-order valence-electron chi connectivity index (χ3n) is 4.72. The highest BCUT2D eigenvalue weighted by atomic mass is 32.1. The average Bonchev–Trinajstić information content (AvgIpc) is 3.32. The minimum absolute atomic E-state index is 0.230. The summed E-state index contributed by atoms with van der Waals surface area (Å²) in [5.74, 6) is 1.55. The van der Waals surface area contributed by atoms with Gasteiger partial charge in [-0.15, -0.1) is 11.3 Å². The van der Waals surface area contributed by atoms with Crippen molar-refractivity contribution in [3.63, 3.8) is 0 Å². The van der Waals surface area contributed by atoms with Crippen molar-refractivity contribution >= 4 is 22.9 Å². The average molecular weight is 447 g/mol. The third kappa shape index (κ3) is 4.73. The maximum atomic E-state index is 12.7. The number of carbonyl (C=O) groups excluding carboxylic acids is 1.